The molecule has 0 aliphatic carbocycles. The monoisotopic (exact) mass is 441 g/mol. The normalized spacial score (nSPS) is 17.3. The molecule has 1 rings (SSSR count). The van der Waals surface area contributed by atoms with Crippen LogP contribution in [0.15, 0.2) is 12.2 Å². The van der Waals surface area contributed by atoms with Gasteiger partial charge in [-0.05, 0) is 20.8 Å². The lowest BCUT2D eigenvalue weighted by molar-refractivity contribution is -0.158. The lowest BCUT2D eigenvalue weighted by Gasteiger charge is -2.40. The molecule has 0 aromatic heterocycles. The Hall–Kier alpha value is -2.95. The fourth-order valence-electron chi connectivity index (χ4n) is 2.90. The van der Waals surface area contributed by atoms with Gasteiger partial charge in [0.25, 0.3) is 0 Å². The third-order valence-electron chi connectivity index (χ3n) is 4.20. The van der Waals surface area contributed by atoms with Crippen molar-refractivity contribution in [2.75, 3.05) is 39.3 Å². The van der Waals surface area contributed by atoms with Gasteiger partial charge in [-0.15, -0.1) is 0 Å². The minimum atomic E-state index is -1.24. The van der Waals surface area contributed by atoms with E-state index >= 15 is 0 Å². The van der Waals surface area contributed by atoms with Crippen molar-refractivity contribution in [2.24, 2.45) is 0 Å². The Morgan fingerprint density at radius 3 is 2.39 bits per heavy atom. The lowest BCUT2D eigenvalue weighted by Crippen LogP contribution is -2.58. The zero-order valence-electron chi connectivity index (χ0n) is 18.4. The SMILES string of the molecule is CC(=O)OCC1CN(C(=O)CCNC(=O)/C=C\C(=O)O)CCN1CC(=O)OC(C)(C)C. The minimum absolute atomic E-state index is 0.0111. The van der Waals surface area contributed by atoms with Crippen molar-refractivity contribution in [3.63, 3.8) is 0 Å². The smallest absolute Gasteiger partial charge is 0.328 e. The number of ether oxygens (including phenoxy) is 2. The highest BCUT2D eigenvalue weighted by Gasteiger charge is 2.32. The maximum atomic E-state index is 12.5. The molecule has 1 aliphatic heterocycles. The first-order chi connectivity index (χ1) is 14.4. The molecule has 1 fully saturated rings. The number of amides is 2. The van der Waals surface area contributed by atoms with Gasteiger partial charge in [-0.25, -0.2) is 4.79 Å². The molecule has 0 spiro atoms. The van der Waals surface area contributed by atoms with E-state index in [2.05, 4.69) is 5.32 Å². The molecule has 0 radical (unpaired) electrons. The van der Waals surface area contributed by atoms with Crippen molar-refractivity contribution in [2.45, 2.75) is 45.8 Å². The van der Waals surface area contributed by atoms with Gasteiger partial charge in [-0.2, -0.15) is 0 Å². The molecule has 0 aromatic carbocycles. The summed E-state index contributed by atoms with van der Waals surface area (Å²) in [5.41, 5.74) is -0.621. The van der Waals surface area contributed by atoms with Gasteiger partial charge in [0.1, 0.15) is 12.2 Å². The number of hydrogen-bond acceptors (Lipinski definition) is 8. The summed E-state index contributed by atoms with van der Waals surface area (Å²) in [6.07, 6.45) is 1.61. The Morgan fingerprint density at radius 1 is 1.13 bits per heavy atom. The van der Waals surface area contributed by atoms with E-state index in [1.54, 1.807) is 25.7 Å². The number of carboxylic acid groups (broad SMARTS) is 1. The molecule has 2 amide bonds. The quantitative estimate of drug-likeness (QED) is 0.359. The average Bonchev–Trinajstić information content (AvgIpc) is 2.63. The van der Waals surface area contributed by atoms with Crippen LogP contribution in [-0.4, -0.2) is 95.6 Å². The Kier molecular flexibility index (Phi) is 10.1. The molecular weight excluding hydrogens is 410 g/mol. The molecular formula is C20H31N3O8. The molecule has 1 unspecified atom stereocenters. The van der Waals surface area contributed by atoms with Crippen LogP contribution in [0.2, 0.25) is 0 Å². The zero-order valence-corrected chi connectivity index (χ0v) is 18.4. The van der Waals surface area contributed by atoms with E-state index < -0.39 is 29.4 Å². The molecule has 11 heteroatoms. The van der Waals surface area contributed by atoms with E-state index in [0.717, 1.165) is 6.08 Å². The highest BCUT2D eigenvalue weighted by Crippen LogP contribution is 2.14. The van der Waals surface area contributed by atoms with Gasteiger partial charge in [0.2, 0.25) is 11.8 Å². The second-order valence-corrected chi connectivity index (χ2v) is 8.07. The first kappa shape index (κ1) is 26.1. The third kappa shape index (κ3) is 11.1. The van der Waals surface area contributed by atoms with Crippen LogP contribution in [0.3, 0.4) is 0 Å². The Balaban J connectivity index is 2.62. The number of hydrogen-bond donors (Lipinski definition) is 2. The highest BCUT2D eigenvalue weighted by molar-refractivity contribution is 5.94. The summed E-state index contributed by atoms with van der Waals surface area (Å²) in [7, 11) is 0. The van der Waals surface area contributed by atoms with Gasteiger partial charge >= 0.3 is 17.9 Å². The van der Waals surface area contributed by atoms with E-state index in [0.29, 0.717) is 19.2 Å². The van der Waals surface area contributed by atoms with Crippen molar-refractivity contribution < 1.29 is 38.6 Å². The molecule has 0 aromatic rings. The van der Waals surface area contributed by atoms with E-state index in [1.165, 1.54) is 6.92 Å². The zero-order chi connectivity index (χ0) is 23.6. The summed E-state index contributed by atoms with van der Waals surface area (Å²) in [4.78, 5) is 61.2. The van der Waals surface area contributed by atoms with Crippen LogP contribution < -0.4 is 5.32 Å². The topological polar surface area (TPSA) is 143 Å². The van der Waals surface area contributed by atoms with Gasteiger partial charge in [0.15, 0.2) is 0 Å². The Morgan fingerprint density at radius 2 is 1.81 bits per heavy atom. The molecule has 1 aliphatic rings. The maximum Gasteiger partial charge on any atom is 0.328 e. The van der Waals surface area contributed by atoms with Crippen LogP contribution in [0.4, 0.5) is 0 Å². The molecule has 31 heavy (non-hydrogen) atoms. The van der Waals surface area contributed by atoms with Crippen molar-refractivity contribution >= 4 is 29.7 Å². The van der Waals surface area contributed by atoms with Crippen molar-refractivity contribution in [3.05, 3.63) is 12.2 Å². The number of nitrogens with one attached hydrogen (secondary N) is 1. The first-order valence-electron chi connectivity index (χ1n) is 9.93. The van der Waals surface area contributed by atoms with Crippen LogP contribution in [0.25, 0.3) is 0 Å². The van der Waals surface area contributed by atoms with Gasteiger partial charge < -0.3 is 24.8 Å². The van der Waals surface area contributed by atoms with Crippen LogP contribution in [0.1, 0.15) is 34.1 Å². The van der Waals surface area contributed by atoms with Gasteiger partial charge in [-0.3, -0.25) is 24.1 Å². The third-order valence-corrected chi connectivity index (χ3v) is 4.20. The van der Waals surface area contributed by atoms with E-state index in [-0.39, 0.29) is 44.6 Å². The molecule has 1 atom stereocenters. The summed E-state index contributed by atoms with van der Waals surface area (Å²) >= 11 is 0. The van der Waals surface area contributed by atoms with Crippen molar-refractivity contribution in [3.8, 4) is 0 Å². The number of carboxylic acids is 1. The Labute approximate surface area is 181 Å². The summed E-state index contributed by atoms with van der Waals surface area (Å²) in [6, 6.07) is -0.373. The summed E-state index contributed by atoms with van der Waals surface area (Å²) in [5.74, 6) is -2.93. The van der Waals surface area contributed by atoms with Crippen molar-refractivity contribution in [1.29, 1.82) is 0 Å². The highest BCUT2D eigenvalue weighted by atomic mass is 16.6. The summed E-state index contributed by atoms with van der Waals surface area (Å²) in [6.45, 7) is 7.70. The lowest BCUT2D eigenvalue weighted by atomic mass is 10.1. The number of nitrogens with zero attached hydrogens (tertiary/aromatic N) is 2. The predicted molar refractivity (Wildman–Crippen MR) is 109 cm³/mol. The Bertz CT molecular complexity index is 714. The molecule has 1 saturated heterocycles. The van der Waals surface area contributed by atoms with Gasteiger partial charge in [0, 0.05) is 51.7 Å². The molecule has 11 nitrogen and oxygen atoms in total. The number of carbonyl (C=O) groups is 5. The number of esters is 2. The second kappa shape index (κ2) is 12.0. The van der Waals surface area contributed by atoms with Crippen molar-refractivity contribution in [1.82, 2.24) is 15.1 Å². The second-order valence-electron chi connectivity index (χ2n) is 8.07. The number of rotatable bonds is 9. The van der Waals surface area contributed by atoms with Crippen LogP contribution in [0, 0.1) is 0 Å². The fourth-order valence-corrected chi connectivity index (χ4v) is 2.90. The van der Waals surface area contributed by atoms with Crippen LogP contribution >= 0.6 is 0 Å². The summed E-state index contributed by atoms with van der Waals surface area (Å²) in [5, 5.41) is 10.9. The van der Waals surface area contributed by atoms with E-state index in [4.69, 9.17) is 14.6 Å². The standard InChI is InChI=1S/C20H31N3O8/c1-14(24)30-13-15-11-23(10-9-22(15)12-19(29)31-20(2,3)4)17(26)7-8-21-16(25)5-6-18(27)28/h5-6,15H,7-13H2,1-4H3,(H,21,25)(H,27,28)/b6-5-. The van der Waals surface area contributed by atoms with Gasteiger partial charge in [0.05, 0.1) is 12.6 Å². The summed E-state index contributed by atoms with van der Waals surface area (Å²) < 4.78 is 10.4. The fraction of sp³-hybridized carbons (Fsp3) is 0.650. The predicted octanol–water partition coefficient (Wildman–Crippen LogP) is -0.449. The van der Waals surface area contributed by atoms with E-state index in [9.17, 15) is 24.0 Å². The minimum Gasteiger partial charge on any atom is -0.478 e. The average molecular weight is 441 g/mol. The molecule has 2 N–H and O–H groups in total. The molecule has 0 bridgehead atoms. The first-order valence-corrected chi connectivity index (χ1v) is 9.93. The maximum absolute atomic E-state index is 12.5. The van der Waals surface area contributed by atoms with Crippen LogP contribution in [0.5, 0.6) is 0 Å². The number of piperazine rings is 1. The molecule has 1 heterocycles. The molecule has 0 saturated carbocycles. The van der Waals surface area contributed by atoms with E-state index in [1.807, 2.05) is 4.90 Å². The number of carbonyl (C=O) groups excluding carboxylic acids is 4. The molecule has 174 valence electrons. The van der Waals surface area contributed by atoms with Gasteiger partial charge in [-0.1, -0.05) is 0 Å². The number of aliphatic carboxylic acids is 1. The largest absolute Gasteiger partial charge is 0.478 e. The van der Waals surface area contributed by atoms with Crippen LogP contribution in [-0.2, 0) is 33.4 Å².